The van der Waals surface area contributed by atoms with E-state index in [-0.39, 0.29) is 17.9 Å². The van der Waals surface area contributed by atoms with Gasteiger partial charge >= 0.3 is 5.97 Å². The number of likely N-dealkylation sites (N-methyl/N-ethyl adjacent to an activating group) is 1. The highest BCUT2D eigenvalue weighted by molar-refractivity contribution is 7.89. The minimum absolute atomic E-state index is 0.0114. The summed E-state index contributed by atoms with van der Waals surface area (Å²) in [6, 6.07) is 12.6. The molecule has 2 atom stereocenters. The largest absolute Gasteiger partial charge is 0.467 e. The first-order valence-electron chi connectivity index (χ1n) is 11.2. The fourth-order valence-electron chi connectivity index (χ4n) is 3.77. The van der Waals surface area contributed by atoms with Crippen molar-refractivity contribution >= 4 is 21.9 Å². The smallest absolute Gasteiger partial charge is 0.328 e. The molecule has 3 aromatic rings. The third-order valence-electron chi connectivity index (χ3n) is 5.89. The van der Waals surface area contributed by atoms with Crippen molar-refractivity contribution in [2.45, 2.75) is 36.9 Å². The molecule has 1 aromatic heterocycles. The van der Waals surface area contributed by atoms with E-state index in [4.69, 9.17) is 4.74 Å². The highest BCUT2D eigenvalue weighted by Gasteiger charge is 2.39. The average Bonchev–Trinajstić information content (AvgIpc) is 3.40. The summed E-state index contributed by atoms with van der Waals surface area (Å²) in [6.45, 7) is 1.03. The van der Waals surface area contributed by atoms with Crippen molar-refractivity contribution in [1.29, 1.82) is 0 Å². The van der Waals surface area contributed by atoms with Crippen LogP contribution in [0.5, 0.6) is 0 Å². The van der Waals surface area contributed by atoms with Crippen molar-refractivity contribution < 1.29 is 27.9 Å². The van der Waals surface area contributed by atoms with E-state index in [1.807, 2.05) is 13.0 Å². The first-order chi connectivity index (χ1) is 17.2. The molecule has 0 spiro atoms. The summed E-state index contributed by atoms with van der Waals surface area (Å²) in [5.74, 6) is -1.43. The van der Waals surface area contributed by atoms with Crippen LogP contribution in [0.3, 0.4) is 0 Å². The van der Waals surface area contributed by atoms with Crippen LogP contribution in [-0.2, 0) is 37.3 Å². The minimum Gasteiger partial charge on any atom is -0.467 e. The monoisotopic (exact) mass is 514 g/mol. The molecular formula is C25H30N4O6S. The lowest BCUT2D eigenvalue weighted by Crippen LogP contribution is -2.56. The molecule has 0 fully saturated rings. The number of carbonyl (C=O) groups excluding carboxylic acids is 2. The second kappa shape index (κ2) is 11.9. The van der Waals surface area contributed by atoms with E-state index in [0.29, 0.717) is 11.3 Å². The normalized spacial score (nSPS) is 13.2. The number of aryl methyl sites for hydroxylation is 1. The Labute approximate surface area is 210 Å². The number of aliphatic hydroxyl groups is 1. The highest BCUT2D eigenvalue weighted by Crippen LogP contribution is 2.21. The molecule has 1 heterocycles. The first-order valence-corrected chi connectivity index (χ1v) is 12.7. The number of benzene rings is 2. The Bertz CT molecular complexity index is 1250. The van der Waals surface area contributed by atoms with Crippen molar-refractivity contribution in [3.8, 4) is 0 Å². The molecule has 11 heteroatoms. The number of H-pyrrole nitrogens is 1. The third-order valence-corrected chi connectivity index (χ3v) is 7.77. The highest BCUT2D eigenvalue weighted by atomic mass is 32.2. The summed E-state index contributed by atoms with van der Waals surface area (Å²) in [7, 11) is -1.68. The second-order valence-electron chi connectivity index (χ2n) is 8.30. The molecule has 0 aliphatic carbocycles. The molecule has 3 rings (SSSR count). The Morgan fingerprint density at radius 1 is 1.08 bits per heavy atom. The van der Waals surface area contributed by atoms with Crippen LogP contribution in [0.2, 0.25) is 0 Å². The summed E-state index contributed by atoms with van der Waals surface area (Å²) in [5.41, 5.74) is 2.17. The van der Waals surface area contributed by atoms with E-state index in [0.717, 1.165) is 9.87 Å². The molecule has 36 heavy (non-hydrogen) atoms. The molecule has 192 valence electrons. The maximum Gasteiger partial charge on any atom is 0.328 e. The van der Waals surface area contributed by atoms with E-state index in [2.05, 4.69) is 9.97 Å². The maximum atomic E-state index is 13.9. The number of aromatic nitrogens is 2. The first kappa shape index (κ1) is 27.1. The van der Waals surface area contributed by atoms with Crippen LogP contribution < -0.4 is 0 Å². The predicted molar refractivity (Wildman–Crippen MR) is 132 cm³/mol. The molecule has 1 amide bonds. The van der Waals surface area contributed by atoms with Crippen molar-refractivity contribution in [1.82, 2.24) is 19.2 Å². The number of nitrogens with zero attached hydrogens (tertiary/aromatic N) is 3. The molecule has 0 saturated heterocycles. The van der Waals surface area contributed by atoms with Crippen LogP contribution in [-0.4, -0.2) is 77.4 Å². The van der Waals surface area contributed by atoms with Gasteiger partial charge in [0, 0.05) is 31.9 Å². The number of hydrogen-bond donors (Lipinski definition) is 2. The van der Waals surface area contributed by atoms with Crippen molar-refractivity contribution in [2.75, 3.05) is 20.8 Å². The Morgan fingerprint density at radius 3 is 2.31 bits per heavy atom. The maximum absolute atomic E-state index is 13.9. The minimum atomic E-state index is -4.13. The Balaban J connectivity index is 2.01. The SMILES string of the molecule is COC(=O)[C@H](Cc1cnc[nH]1)N(Cc1ccccc1)C(=O)[C@H](CO)N(C)S(=O)(=O)c1ccc(C)cc1. The molecule has 0 saturated carbocycles. The molecule has 0 radical (unpaired) electrons. The quantitative estimate of drug-likeness (QED) is 0.371. The van der Waals surface area contributed by atoms with Crippen LogP contribution in [0.1, 0.15) is 16.8 Å². The number of ether oxygens (including phenoxy) is 1. The van der Waals surface area contributed by atoms with Crippen molar-refractivity contribution in [3.05, 3.63) is 83.9 Å². The van der Waals surface area contributed by atoms with Gasteiger partial charge in [-0.25, -0.2) is 18.2 Å². The van der Waals surface area contributed by atoms with Gasteiger partial charge in [-0.2, -0.15) is 4.31 Å². The second-order valence-corrected chi connectivity index (χ2v) is 10.3. The number of aliphatic hydroxyl groups excluding tert-OH is 1. The number of carbonyl (C=O) groups is 2. The number of hydrogen-bond acceptors (Lipinski definition) is 7. The van der Waals surface area contributed by atoms with Gasteiger partial charge in [0.05, 0.1) is 24.9 Å². The van der Waals surface area contributed by atoms with Crippen LogP contribution >= 0.6 is 0 Å². The van der Waals surface area contributed by atoms with E-state index in [9.17, 15) is 23.1 Å². The lowest BCUT2D eigenvalue weighted by atomic mass is 10.1. The third kappa shape index (κ3) is 6.17. The van der Waals surface area contributed by atoms with Crippen molar-refractivity contribution in [3.63, 3.8) is 0 Å². The molecule has 0 bridgehead atoms. The molecule has 0 aliphatic heterocycles. The summed E-state index contributed by atoms with van der Waals surface area (Å²) in [4.78, 5) is 34.8. The zero-order chi connectivity index (χ0) is 26.3. The van der Waals surface area contributed by atoms with Gasteiger partial charge < -0.3 is 19.7 Å². The van der Waals surface area contributed by atoms with Gasteiger partial charge in [0.1, 0.15) is 12.1 Å². The molecular weight excluding hydrogens is 484 g/mol. The predicted octanol–water partition coefficient (Wildman–Crippen LogP) is 1.51. The molecule has 0 unspecified atom stereocenters. The van der Waals surface area contributed by atoms with Gasteiger partial charge in [-0.3, -0.25) is 4.79 Å². The lowest BCUT2D eigenvalue weighted by Gasteiger charge is -2.35. The van der Waals surface area contributed by atoms with Gasteiger partial charge in [-0.15, -0.1) is 0 Å². The van der Waals surface area contributed by atoms with Gasteiger partial charge in [-0.1, -0.05) is 48.0 Å². The standard InChI is InChI=1S/C25H30N4O6S/c1-18-9-11-21(12-10-18)36(33,34)28(2)23(16-30)24(31)29(15-19-7-5-4-6-8-19)22(25(32)35-3)13-20-14-26-17-27-20/h4-12,14,17,22-23,30H,13,15-16H2,1-3H3,(H,26,27)/t22-,23-/m0/s1. The van der Waals surface area contributed by atoms with Gasteiger partial charge in [-0.05, 0) is 24.6 Å². The molecule has 0 aliphatic rings. The zero-order valence-electron chi connectivity index (χ0n) is 20.4. The fourth-order valence-corrected chi connectivity index (χ4v) is 5.07. The zero-order valence-corrected chi connectivity index (χ0v) is 21.2. The number of sulfonamides is 1. The van der Waals surface area contributed by atoms with Crippen LogP contribution in [0.25, 0.3) is 0 Å². The number of rotatable bonds is 11. The van der Waals surface area contributed by atoms with E-state index in [1.165, 1.54) is 43.7 Å². The van der Waals surface area contributed by atoms with E-state index < -0.39 is 40.6 Å². The number of aromatic amines is 1. The summed E-state index contributed by atoms with van der Waals surface area (Å²) < 4.78 is 32.4. The van der Waals surface area contributed by atoms with E-state index >= 15 is 0 Å². The molecule has 2 aromatic carbocycles. The fraction of sp³-hybridized carbons (Fsp3) is 0.320. The summed E-state index contributed by atoms with van der Waals surface area (Å²) in [6.07, 6.45) is 3.03. The number of imidazole rings is 1. The lowest BCUT2D eigenvalue weighted by molar-refractivity contribution is -0.155. The topological polar surface area (TPSA) is 133 Å². The summed E-state index contributed by atoms with van der Waals surface area (Å²) in [5, 5.41) is 10.2. The van der Waals surface area contributed by atoms with Crippen LogP contribution in [0, 0.1) is 6.92 Å². The van der Waals surface area contributed by atoms with Gasteiger partial charge in [0.2, 0.25) is 15.9 Å². The number of esters is 1. The number of nitrogens with one attached hydrogen (secondary N) is 1. The van der Waals surface area contributed by atoms with Gasteiger partial charge in [0.15, 0.2) is 0 Å². The molecule has 10 nitrogen and oxygen atoms in total. The Hall–Kier alpha value is -3.54. The van der Waals surface area contributed by atoms with E-state index in [1.54, 1.807) is 36.4 Å². The van der Waals surface area contributed by atoms with Crippen LogP contribution in [0.15, 0.2) is 72.0 Å². The van der Waals surface area contributed by atoms with Gasteiger partial charge in [0.25, 0.3) is 0 Å². The van der Waals surface area contributed by atoms with Crippen molar-refractivity contribution in [2.24, 2.45) is 0 Å². The average molecular weight is 515 g/mol. The van der Waals surface area contributed by atoms with Crippen LogP contribution in [0.4, 0.5) is 0 Å². The summed E-state index contributed by atoms with van der Waals surface area (Å²) >= 11 is 0. The Kier molecular flexibility index (Phi) is 8.97. The number of amides is 1. The molecule has 2 N–H and O–H groups in total. The Morgan fingerprint density at radius 2 is 1.75 bits per heavy atom. The number of methoxy groups -OCH3 is 1.